The molecule has 2 aliphatic heterocycles. The van der Waals surface area contributed by atoms with Gasteiger partial charge in [-0.3, -0.25) is 4.90 Å². The van der Waals surface area contributed by atoms with E-state index in [2.05, 4.69) is 40.5 Å². The zero-order valence-corrected chi connectivity index (χ0v) is 10.9. The second kappa shape index (κ2) is 5.39. The maximum Gasteiger partial charge on any atom is 0.0933 e. The molecular weight excluding hydrogens is 224 g/mol. The molecule has 0 radical (unpaired) electrons. The van der Waals surface area contributed by atoms with Gasteiger partial charge in [-0.05, 0) is 24.9 Å². The smallest absolute Gasteiger partial charge is 0.0933 e. The lowest BCUT2D eigenvalue weighted by molar-refractivity contribution is -0.107. The molecule has 0 bridgehead atoms. The monoisotopic (exact) mass is 246 g/mol. The number of ether oxygens (including phenoxy) is 1. The summed E-state index contributed by atoms with van der Waals surface area (Å²) < 4.78 is 6.07. The van der Waals surface area contributed by atoms with E-state index >= 15 is 0 Å². The molecule has 1 unspecified atom stereocenters. The summed E-state index contributed by atoms with van der Waals surface area (Å²) in [6, 6.07) is 10.7. The van der Waals surface area contributed by atoms with Crippen LogP contribution in [0.15, 0.2) is 30.3 Å². The fraction of sp³-hybridized carbons (Fsp3) is 0.600. The van der Waals surface area contributed by atoms with E-state index in [1.54, 1.807) is 0 Å². The van der Waals surface area contributed by atoms with Gasteiger partial charge in [-0.15, -0.1) is 0 Å². The summed E-state index contributed by atoms with van der Waals surface area (Å²) in [5, 5.41) is 3.48. The van der Waals surface area contributed by atoms with Crippen LogP contribution >= 0.6 is 0 Å². The number of morpholine rings is 1. The van der Waals surface area contributed by atoms with Gasteiger partial charge in [0.05, 0.1) is 12.2 Å². The van der Waals surface area contributed by atoms with Crippen LogP contribution in [0.4, 0.5) is 0 Å². The number of benzene rings is 1. The first-order chi connectivity index (χ1) is 8.86. The number of nitrogens with one attached hydrogen (secondary N) is 1. The summed E-state index contributed by atoms with van der Waals surface area (Å²) in [5.41, 5.74) is 1.48. The van der Waals surface area contributed by atoms with Crippen molar-refractivity contribution in [2.75, 3.05) is 32.8 Å². The highest BCUT2D eigenvalue weighted by atomic mass is 16.5. The summed E-state index contributed by atoms with van der Waals surface area (Å²) in [4.78, 5) is 2.53. The van der Waals surface area contributed by atoms with Crippen LogP contribution in [0, 0.1) is 0 Å². The van der Waals surface area contributed by atoms with Crippen molar-refractivity contribution in [1.82, 2.24) is 10.2 Å². The van der Waals surface area contributed by atoms with E-state index in [-0.39, 0.29) is 5.60 Å². The number of likely N-dealkylation sites (tertiary alicyclic amines) is 1. The van der Waals surface area contributed by atoms with E-state index < -0.39 is 0 Å². The zero-order chi connectivity index (χ0) is 12.3. The van der Waals surface area contributed by atoms with Gasteiger partial charge in [0.2, 0.25) is 0 Å². The predicted molar refractivity (Wildman–Crippen MR) is 72.5 cm³/mol. The Bertz CT molecular complexity index is 368. The maximum atomic E-state index is 6.07. The molecule has 2 saturated heterocycles. The largest absolute Gasteiger partial charge is 0.371 e. The standard InChI is InChI=1S/C15H22N2O/c1-2-5-14(6-3-1)11-17-9-4-7-15(13-17)12-16-8-10-18-15/h1-3,5-6,16H,4,7-13H2. The molecule has 1 N–H and O–H groups in total. The van der Waals surface area contributed by atoms with Gasteiger partial charge in [0.15, 0.2) is 0 Å². The first-order valence-electron chi connectivity index (χ1n) is 6.97. The number of nitrogens with zero attached hydrogens (tertiary/aromatic N) is 1. The van der Waals surface area contributed by atoms with E-state index in [1.807, 2.05) is 0 Å². The Kier molecular flexibility index (Phi) is 3.64. The number of piperidine rings is 1. The normalized spacial score (nSPS) is 29.6. The third kappa shape index (κ3) is 2.74. The zero-order valence-electron chi connectivity index (χ0n) is 10.9. The van der Waals surface area contributed by atoms with Gasteiger partial charge >= 0.3 is 0 Å². The molecule has 1 aromatic rings. The first kappa shape index (κ1) is 12.2. The third-order valence-corrected chi connectivity index (χ3v) is 4.00. The molecule has 1 atom stereocenters. The molecular formula is C15H22N2O. The molecule has 2 aliphatic rings. The number of hydrogen-bond acceptors (Lipinski definition) is 3. The van der Waals surface area contributed by atoms with Crippen LogP contribution in [-0.2, 0) is 11.3 Å². The van der Waals surface area contributed by atoms with Crippen LogP contribution in [-0.4, -0.2) is 43.3 Å². The fourth-order valence-corrected chi connectivity index (χ4v) is 3.14. The molecule has 0 aromatic heterocycles. The summed E-state index contributed by atoms with van der Waals surface area (Å²) in [6.07, 6.45) is 2.44. The van der Waals surface area contributed by atoms with Crippen LogP contribution in [0.1, 0.15) is 18.4 Å². The summed E-state index contributed by atoms with van der Waals surface area (Å²) in [7, 11) is 0. The van der Waals surface area contributed by atoms with Crippen LogP contribution in [0.2, 0.25) is 0 Å². The van der Waals surface area contributed by atoms with E-state index in [0.717, 1.165) is 32.8 Å². The molecule has 0 saturated carbocycles. The Balaban J connectivity index is 1.63. The third-order valence-electron chi connectivity index (χ3n) is 4.00. The second-order valence-electron chi connectivity index (χ2n) is 5.51. The number of rotatable bonds is 2. The minimum Gasteiger partial charge on any atom is -0.371 e. The Labute approximate surface area is 109 Å². The van der Waals surface area contributed by atoms with Gasteiger partial charge in [0.25, 0.3) is 0 Å². The SMILES string of the molecule is c1ccc(CN2CCCC3(CNCCO3)C2)cc1. The lowest BCUT2D eigenvalue weighted by Gasteiger charge is -2.45. The summed E-state index contributed by atoms with van der Waals surface area (Å²) in [5.74, 6) is 0. The molecule has 1 aromatic carbocycles. The van der Waals surface area contributed by atoms with Crippen molar-refractivity contribution in [2.45, 2.75) is 25.0 Å². The topological polar surface area (TPSA) is 24.5 Å². The minimum atomic E-state index is 0.0747. The highest BCUT2D eigenvalue weighted by Gasteiger charge is 2.37. The molecule has 3 nitrogen and oxygen atoms in total. The molecule has 98 valence electrons. The van der Waals surface area contributed by atoms with Crippen molar-refractivity contribution in [1.29, 1.82) is 0 Å². The molecule has 2 fully saturated rings. The minimum absolute atomic E-state index is 0.0747. The Morgan fingerprint density at radius 1 is 1.28 bits per heavy atom. The van der Waals surface area contributed by atoms with Crippen molar-refractivity contribution < 1.29 is 4.74 Å². The van der Waals surface area contributed by atoms with Crippen LogP contribution in [0.5, 0.6) is 0 Å². The molecule has 3 heteroatoms. The van der Waals surface area contributed by atoms with Crippen molar-refractivity contribution in [2.24, 2.45) is 0 Å². The average Bonchev–Trinajstić information content (AvgIpc) is 2.41. The van der Waals surface area contributed by atoms with Gasteiger partial charge in [-0.1, -0.05) is 30.3 Å². The highest BCUT2D eigenvalue weighted by molar-refractivity contribution is 5.14. The second-order valence-corrected chi connectivity index (χ2v) is 5.51. The lowest BCUT2D eigenvalue weighted by Crippen LogP contribution is -2.58. The predicted octanol–water partition coefficient (Wildman–Crippen LogP) is 1.64. The lowest BCUT2D eigenvalue weighted by atomic mass is 9.91. The Morgan fingerprint density at radius 2 is 2.17 bits per heavy atom. The molecule has 3 rings (SSSR count). The molecule has 0 aliphatic carbocycles. The Hall–Kier alpha value is -0.900. The fourth-order valence-electron chi connectivity index (χ4n) is 3.14. The van der Waals surface area contributed by atoms with E-state index in [1.165, 1.54) is 24.9 Å². The molecule has 1 spiro atoms. The summed E-state index contributed by atoms with van der Waals surface area (Å²) in [6.45, 7) is 6.18. The highest BCUT2D eigenvalue weighted by Crippen LogP contribution is 2.27. The maximum absolute atomic E-state index is 6.07. The van der Waals surface area contributed by atoms with Crippen molar-refractivity contribution in [3.63, 3.8) is 0 Å². The van der Waals surface area contributed by atoms with E-state index in [4.69, 9.17) is 4.74 Å². The molecule has 18 heavy (non-hydrogen) atoms. The average molecular weight is 246 g/mol. The molecule has 0 amide bonds. The van der Waals surface area contributed by atoms with Crippen molar-refractivity contribution in [3.8, 4) is 0 Å². The first-order valence-corrected chi connectivity index (χ1v) is 6.97. The van der Waals surface area contributed by atoms with Crippen LogP contribution in [0.3, 0.4) is 0 Å². The van der Waals surface area contributed by atoms with Gasteiger partial charge in [-0.2, -0.15) is 0 Å². The van der Waals surface area contributed by atoms with Crippen molar-refractivity contribution in [3.05, 3.63) is 35.9 Å². The Morgan fingerprint density at radius 3 is 2.94 bits per heavy atom. The van der Waals surface area contributed by atoms with Gasteiger partial charge in [0.1, 0.15) is 0 Å². The van der Waals surface area contributed by atoms with Gasteiger partial charge < -0.3 is 10.1 Å². The van der Waals surface area contributed by atoms with Crippen LogP contribution in [0.25, 0.3) is 0 Å². The van der Waals surface area contributed by atoms with E-state index in [9.17, 15) is 0 Å². The van der Waals surface area contributed by atoms with Gasteiger partial charge in [0, 0.05) is 26.2 Å². The van der Waals surface area contributed by atoms with Crippen LogP contribution < -0.4 is 5.32 Å². The number of hydrogen-bond donors (Lipinski definition) is 1. The summed E-state index contributed by atoms with van der Waals surface area (Å²) >= 11 is 0. The molecule has 2 heterocycles. The van der Waals surface area contributed by atoms with Gasteiger partial charge in [-0.25, -0.2) is 0 Å². The quantitative estimate of drug-likeness (QED) is 0.858. The van der Waals surface area contributed by atoms with E-state index in [0.29, 0.717) is 0 Å². The van der Waals surface area contributed by atoms with Crippen molar-refractivity contribution >= 4 is 0 Å².